The standard InChI is InChI=1S/C24H19N5O4/c30-21(25-12-13-28-20-9-5-4-8-18(20)26-23(28)32)15-10-11-17-19(14-15)27-24(33)29(22(17)31)16-6-2-1-3-7-16/h1-11,14H,12-13H2,(H,25,30)(H,26,32)(H,27,33). The number of amides is 1. The lowest BCUT2D eigenvalue weighted by Crippen LogP contribution is -2.34. The van der Waals surface area contributed by atoms with Crippen LogP contribution in [0.1, 0.15) is 10.4 Å². The van der Waals surface area contributed by atoms with Crippen molar-refractivity contribution in [3.05, 3.63) is 110 Å². The molecule has 9 heteroatoms. The van der Waals surface area contributed by atoms with Gasteiger partial charge in [0.25, 0.3) is 11.5 Å². The van der Waals surface area contributed by atoms with Gasteiger partial charge in [0.2, 0.25) is 0 Å². The number of nitrogens with zero attached hydrogens (tertiary/aromatic N) is 2. The third-order valence-corrected chi connectivity index (χ3v) is 5.48. The number of fused-ring (bicyclic) bond motifs is 2. The van der Waals surface area contributed by atoms with Gasteiger partial charge < -0.3 is 15.3 Å². The van der Waals surface area contributed by atoms with Gasteiger partial charge in [-0.3, -0.25) is 14.2 Å². The second kappa shape index (κ2) is 8.12. The van der Waals surface area contributed by atoms with E-state index in [0.717, 1.165) is 15.6 Å². The number of aromatic amines is 2. The van der Waals surface area contributed by atoms with E-state index in [2.05, 4.69) is 15.3 Å². The van der Waals surface area contributed by atoms with Crippen molar-refractivity contribution in [2.24, 2.45) is 0 Å². The van der Waals surface area contributed by atoms with Crippen molar-refractivity contribution in [1.82, 2.24) is 24.4 Å². The second-order valence-electron chi connectivity index (χ2n) is 7.52. The number of imidazole rings is 1. The lowest BCUT2D eigenvalue weighted by Gasteiger charge is -2.09. The van der Waals surface area contributed by atoms with E-state index in [1.165, 1.54) is 18.2 Å². The van der Waals surface area contributed by atoms with Gasteiger partial charge in [-0.1, -0.05) is 30.3 Å². The molecule has 164 valence electrons. The van der Waals surface area contributed by atoms with Crippen molar-refractivity contribution in [1.29, 1.82) is 0 Å². The Morgan fingerprint density at radius 1 is 0.818 bits per heavy atom. The fraction of sp³-hybridized carbons (Fsp3) is 0.0833. The van der Waals surface area contributed by atoms with Crippen LogP contribution in [0.25, 0.3) is 27.6 Å². The highest BCUT2D eigenvalue weighted by atomic mass is 16.2. The summed E-state index contributed by atoms with van der Waals surface area (Å²) in [6.45, 7) is 0.519. The number of nitrogens with one attached hydrogen (secondary N) is 3. The first-order valence-electron chi connectivity index (χ1n) is 10.3. The number of hydrogen-bond donors (Lipinski definition) is 3. The summed E-state index contributed by atoms with van der Waals surface area (Å²) in [5, 5.41) is 3.06. The summed E-state index contributed by atoms with van der Waals surface area (Å²) in [5.74, 6) is -0.377. The number of rotatable bonds is 5. The molecule has 0 aliphatic rings. The molecule has 0 radical (unpaired) electrons. The Morgan fingerprint density at radius 2 is 1.55 bits per heavy atom. The minimum absolute atomic E-state index is 0.227. The normalized spacial score (nSPS) is 11.2. The Balaban J connectivity index is 1.38. The molecule has 0 bridgehead atoms. The van der Waals surface area contributed by atoms with Crippen molar-refractivity contribution in [3.8, 4) is 5.69 Å². The van der Waals surface area contributed by atoms with Crippen LogP contribution in [0.15, 0.2) is 87.2 Å². The van der Waals surface area contributed by atoms with E-state index in [-0.39, 0.29) is 23.7 Å². The quantitative estimate of drug-likeness (QED) is 0.385. The molecule has 0 saturated heterocycles. The van der Waals surface area contributed by atoms with Crippen molar-refractivity contribution < 1.29 is 4.79 Å². The fourth-order valence-electron chi connectivity index (χ4n) is 3.88. The first-order chi connectivity index (χ1) is 16.0. The van der Waals surface area contributed by atoms with Gasteiger partial charge in [0.1, 0.15) is 0 Å². The zero-order chi connectivity index (χ0) is 22.9. The molecule has 0 aliphatic heterocycles. The van der Waals surface area contributed by atoms with Crippen LogP contribution in [-0.4, -0.2) is 31.6 Å². The largest absolute Gasteiger partial charge is 0.350 e. The molecule has 0 saturated carbocycles. The molecule has 2 heterocycles. The maximum atomic E-state index is 12.9. The highest BCUT2D eigenvalue weighted by Gasteiger charge is 2.13. The van der Waals surface area contributed by atoms with Crippen LogP contribution in [0.4, 0.5) is 0 Å². The maximum Gasteiger partial charge on any atom is 0.333 e. The fourth-order valence-corrected chi connectivity index (χ4v) is 3.88. The summed E-state index contributed by atoms with van der Waals surface area (Å²) >= 11 is 0. The lowest BCUT2D eigenvalue weighted by atomic mass is 10.1. The minimum Gasteiger partial charge on any atom is -0.350 e. The minimum atomic E-state index is -0.588. The van der Waals surface area contributed by atoms with E-state index in [0.29, 0.717) is 23.2 Å². The second-order valence-corrected chi connectivity index (χ2v) is 7.52. The molecule has 0 fully saturated rings. The maximum absolute atomic E-state index is 12.9. The average Bonchev–Trinajstić information content (AvgIpc) is 3.14. The van der Waals surface area contributed by atoms with E-state index in [9.17, 15) is 19.2 Å². The summed E-state index contributed by atoms with van der Waals surface area (Å²) in [6, 6.07) is 20.5. The number of H-pyrrole nitrogens is 2. The molecule has 33 heavy (non-hydrogen) atoms. The monoisotopic (exact) mass is 441 g/mol. The molecular weight excluding hydrogens is 422 g/mol. The van der Waals surface area contributed by atoms with E-state index in [1.807, 2.05) is 24.3 Å². The Labute approximate surface area is 185 Å². The van der Waals surface area contributed by atoms with Gasteiger partial charge in [-0.05, 0) is 42.5 Å². The Kier molecular flexibility index (Phi) is 4.98. The molecule has 0 aliphatic carbocycles. The van der Waals surface area contributed by atoms with Gasteiger partial charge in [-0.25, -0.2) is 14.2 Å². The molecule has 9 nitrogen and oxygen atoms in total. The van der Waals surface area contributed by atoms with E-state index >= 15 is 0 Å². The van der Waals surface area contributed by atoms with Crippen LogP contribution in [0.2, 0.25) is 0 Å². The summed E-state index contributed by atoms with van der Waals surface area (Å²) in [5.41, 5.74) is 1.21. The van der Waals surface area contributed by atoms with Gasteiger partial charge in [-0.2, -0.15) is 0 Å². The number of aromatic nitrogens is 4. The van der Waals surface area contributed by atoms with Gasteiger partial charge in [-0.15, -0.1) is 0 Å². The van der Waals surface area contributed by atoms with Gasteiger partial charge in [0.15, 0.2) is 0 Å². The Morgan fingerprint density at radius 3 is 2.36 bits per heavy atom. The van der Waals surface area contributed by atoms with Crippen LogP contribution in [0, 0.1) is 0 Å². The van der Waals surface area contributed by atoms with Crippen molar-refractivity contribution >= 4 is 27.8 Å². The molecule has 5 rings (SSSR count). The molecule has 1 amide bonds. The SMILES string of the molecule is O=C(NCCn1c(=O)[nH]c2ccccc21)c1ccc2c(=O)n(-c3ccccc3)c(=O)[nH]c2c1. The summed E-state index contributed by atoms with van der Waals surface area (Å²) in [7, 11) is 0. The first kappa shape index (κ1) is 20.3. The van der Waals surface area contributed by atoms with Crippen molar-refractivity contribution in [2.45, 2.75) is 6.54 Å². The van der Waals surface area contributed by atoms with E-state index < -0.39 is 11.2 Å². The smallest absolute Gasteiger partial charge is 0.333 e. The average molecular weight is 441 g/mol. The van der Waals surface area contributed by atoms with Crippen molar-refractivity contribution in [2.75, 3.05) is 6.54 Å². The highest BCUT2D eigenvalue weighted by Crippen LogP contribution is 2.11. The van der Waals surface area contributed by atoms with Crippen LogP contribution in [0.5, 0.6) is 0 Å². The molecule has 0 unspecified atom stereocenters. The highest BCUT2D eigenvalue weighted by molar-refractivity contribution is 5.97. The van der Waals surface area contributed by atoms with Crippen molar-refractivity contribution in [3.63, 3.8) is 0 Å². The number of carbonyl (C=O) groups is 1. The van der Waals surface area contributed by atoms with Crippen LogP contribution in [-0.2, 0) is 6.54 Å². The number of benzene rings is 3. The Hall–Kier alpha value is -4.66. The lowest BCUT2D eigenvalue weighted by molar-refractivity contribution is 0.0952. The molecular formula is C24H19N5O4. The third-order valence-electron chi connectivity index (χ3n) is 5.48. The van der Waals surface area contributed by atoms with Gasteiger partial charge >= 0.3 is 11.4 Å². The summed E-state index contributed by atoms with van der Waals surface area (Å²) < 4.78 is 2.61. The predicted molar refractivity (Wildman–Crippen MR) is 125 cm³/mol. The molecule has 5 aromatic rings. The van der Waals surface area contributed by atoms with Crippen LogP contribution >= 0.6 is 0 Å². The van der Waals surface area contributed by atoms with E-state index in [1.54, 1.807) is 34.9 Å². The van der Waals surface area contributed by atoms with Crippen LogP contribution in [0.3, 0.4) is 0 Å². The van der Waals surface area contributed by atoms with Crippen LogP contribution < -0.4 is 22.3 Å². The topological polar surface area (TPSA) is 122 Å². The summed E-state index contributed by atoms with van der Waals surface area (Å²) in [6.07, 6.45) is 0. The Bertz CT molecular complexity index is 1680. The van der Waals surface area contributed by atoms with Gasteiger partial charge in [0, 0.05) is 18.7 Å². The number of para-hydroxylation sites is 3. The molecule has 0 atom stereocenters. The van der Waals surface area contributed by atoms with E-state index in [4.69, 9.17) is 0 Å². The molecule has 3 N–H and O–H groups in total. The first-order valence-corrected chi connectivity index (χ1v) is 10.3. The third kappa shape index (κ3) is 3.65. The summed E-state index contributed by atoms with van der Waals surface area (Å²) in [4.78, 5) is 55.7. The zero-order valence-electron chi connectivity index (χ0n) is 17.4. The molecule has 2 aromatic heterocycles. The van der Waals surface area contributed by atoms with Gasteiger partial charge in [0.05, 0.1) is 27.6 Å². The number of hydrogen-bond acceptors (Lipinski definition) is 4. The zero-order valence-corrected chi connectivity index (χ0v) is 17.4. The molecule has 3 aromatic carbocycles. The number of carbonyl (C=O) groups excluding carboxylic acids is 1. The molecule has 0 spiro atoms. The predicted octanol–water partition coefficient (Wildman–Crippen LogP) is 1.75.